The molecule has 0 aromatic heterocycles. The van der Waals surface area contributed by atoms with E-state index >= 15 is 0 Å². The van der Waals surface area contributed by atoms with Crippen LogP contribution in [0.5, 0.6) is 0 Å². The normalized spacial score (nSPS) is 9.72. The van der Waals surface area contributed by atoms with Crippen molar-refractivity contribution in [3.63, 3.8) is 0 Å². The van der Waals surface area contributed by atoms with E-state index in [1.165, 1.54) is 74.2 Å². The summed E-state index contributed by atoms with van der Waals surface area (Å²) in [7, 11) is 0. The van der Waals surface area contributed by atoms with Crippen molar-refractivity contribution in [1.29, 1.82) is 0 Å². The minimum absolute atomic E-state index is 0. The van der Waals surface area contributed by atoms with Gasteiger partial charge in [-0.1, -0.05) is 566 Å². The minimum atomic E-state index is -5.52. The van der Waals surface area contributed by atoms with Crippen LogP contribution in [0.15, 0.2) is 364 Å². The highest BCUT2D eigenvalue weighted by atomic mass is 19.4. The summed E-state index contributed by atoms with van der Waals surface area (Å²) in [5.41, 5.74) is 7.60. The molecule has 0 saturated carbocycles. The molecule has 13 rings (SSSR count). The Morgan fingerprint density at radius 2 is 0.381 bits per heavy atom. The molecule has 12 aromatic rings. The van der Waals surface area contributed by atoms with Gasteiger partial charge in [0.2, 0.25) is 5.41 Å². The molecule has 0 N–H and O–H groups in total. The van der Waals surface area contributed by atoms with E-state index in [4.69, 9.17) is 0 Å². The molecule has 0 fully saturated rings. The van der Waals surface area contributed by atoms with Crippen LogP contribution in [0.1, 0.15) is 258 Å². The molecule has 1 aliphatic carbocycles. The van der Waals surface area contributed by atoms with Crippen molar-refractivity contribution in [3.8, 4) is 11.1 Å². The highest BCUT2D eigenvalue weighted by Crippen LogP contribution is 2.57. The summed E-state index contributed by atoms with van der Waals surface area (Å²) in [5, 5.41) is 0. The van der Waals surface area contributed by atoms with Gasteiger partial charge in [0.15, 0.2) is 0 Å². The largest absolute Gasteiger partial charge is 0.411 e. The Kier molecular flexibility index (Phi) is 78.9. The second-order valence-corrected chi connectivity index (χ2v) is 21.6. The molecule has 6 heteroatoms. The third-order valence-electron chi connectivity index (χ3n) is 15.0. The zero-order chi connectivity index (χ0) is 83.3. The van der Waals surface area contributed by atoms with Gasteiger partial charge in [-0.05, 0) is 73.2 Å². The maximum atomic E-state index is 13.5. The van der Waals surface area contributed by atoms with E-state index in [2.05, 4.69) is 258 Å². The van der Waals surface area contributed by atoms with E-state index in [0.29, 0.717) is 0 Å². The van der Waals surface area contributed by atoms with Gasteiger partial charge in [-0.2, -0.15) is 26.3 Å². The van der Waals surface area contributed by atoms with Crippen molar-refractivity contribution < 1.29 is 26.3 Å². The first-order valence-corrected chi connectivity index (χ1v) is 39.9. The number of alkyl halides is 6. The number of fused-ring (bicyclic) bond motifs is 3. The molecular formula is C107H152F6. The fraction of sp³-hybridized carbons (Fsp3) is 0.327. The topological polar surface area (TPSA) is 0 Å². The lowest BCUT2D eigenvalue weighted by molar-refractivity contribution is -0.288. The van der Waals surface area contributed by atoms with Gasteiger partial charge in [0.25, 0.3) is 0 Å². The Labute approximate surface area is 690 Å². The molecule has 0 heterocycles. The van der Waals surface area contributed by atoms with Crippen molar-refractivity contribution in [1.82, 2.24) is 0 Å². The lowest BCUT2D eigenvalue weighted by Gasteiger charge is -2.38. The quantitative estimate of drug-likeness (QED) is 0.133. The van der Waals surface area contributed by atoms with Gasteiger partial charge in [0.05, 0.1) is 5.41 Å². The number of halogens is 6. The van der Waals surface area contributed by atoms with Crippen LogP contribution in [0.2, 0.25) is 0 Å². The fourth-order valence-corrected chi connectivity index (χ4v) is 10.8. The second kappa shape index (κ2) is 74.9. The van der Waals surface area contributed by atoms with Gasteiger partial charge in [-0.15, -0.1) is 0 Å². The van der Waals surface area contributed by atoms with E-state index in [1.54, 1.807) is 0 Å². The van der Waals surface area contributed by atoms with E-state index in [1.807, 2.05) is 211 Å². The van der Waals surface area contributed by atoms with Crippen LogP contribution in [0, 0.1) is 0 Å². The number of hydrogen-bond acceptors (Lipinski definition) is 0. The lowest BCUT2D eigenvalue weighted by Crippen LogP contribution is -2.54. The van der Waals surface area contributed by atoms with Crippen molar-refractivity contribution in [2.24, 2.45) is 0 Å². The second-order valence-electron chi connectivity index (χ2n) is 21.6. The van der Waals surface area contributed by atoms with Gasteiger partial charge in [0.1, 0.15) is 0 Å². The Bertz CT molecular complexity index is 3500. The third kappa shape index (κ3) is 39.0. The maximum absolute atomic E-state index is 13.5. The molecule has 0 radical (unpaired) electrons. The first kappa shape index (κ1) is 119. The Morgan fingerprint density at radius 3 is 0.584 bits per heavy atom. The summed E-state index contributed by atoms with van der Waals surface area (Å²) in [4.78, 5) is 0. The molecule has 113 heavy (non-hydrogen) atoms. The van der Waals surface area contributed by atoms with E-state index in [-0.39, 0.29) is 40.5 Å². The Morgan fingerprint density at radius 1 is 0.221 bits per heavy atom. The summed E-state index contributed by atoms with van der Waals surface area (Å²) < 4.78 is 81.1. The van der Waals surface area contributed by atoms with Crippen LogP contribution in [0.4, 0.5) is 26.3 Å². The van der Waals surface area contributed by atoms with Gasteiger partial charge < -0.3 is 0 Å². The van der Waals surface area contributed by atoms with Crippen LogP contribution in [-0.2, 0) is 22.7 Å². The first-order chi connectivity index (χ1) is 53.2. The molecule has 0 unspecified atom stereocenters. The van der Waals surface area contributed by atoms with Crippen LogP contribution in [0.3, 0.4) is 0 Å². The van der Waals surface area contributed by atoms with Crippen LogP contribution < -0.4 is 0 Å². The standard InChI is InChI=1S/C25H18.C15H10F6.C15H16.C13H12.2C6H6.C3H8.10C2H6.4CH4/c1-3-11-19(12-4-1)25(20-13-5-2-6-14-20)23-17-9-7-15-21(23)22-16-8-10-18-24(22)25;16-14(17,18)13(15(19,20)21,11-7-3-1-4-8-11)12-9-5-2-6-10-12;1-15(2,13-9-5-3-6-10-13)14-11-7-4-8-12-14;1-3-7-12(8-4-1)11-13-9-5-2-6-10-13;2*1-2-4-6-5-3-1;1-3-2;10*1-2;;;;/h1-18H;1-10H;3-12H,1-2H3;1-10H,11H2;2*1-6H;3H2,1-2H3;10*1-2H3;4*1H4. The van der Waals surface area contributed by atoms with Crippen molar-refractivity contribution in [3.05, 3.63) is 420 Å². The zero-order valence-electron chi connectivity index (χ0n) is 70.8. The average Bonchev–Trinajstić information content (AvgIpc) is 1.54. The first-order valence-electron chi connectivity index (χ1n) is 39.9. The molecule has 0 bridgehead atoms. The lowest BCUT2D eigenvalue weighted by atomic mass is 9.68. The smallest absolute Gasteiger partial charge is 0.169 e. The summed E-state index contributed by atoms with van der Waals surface area (Å²) in [6.45, 7) is 48.8. The van der Waals surface area contributed by atoms with Crippen molar-refractivity contribution in [2.75, 3.05) is 0 Å². The Balaban J connectivity index is -0.000000191. The van der Waals surface area contributed by atoms with Crippen LogP contribution in [0.25, 0.3) is 11.1 Å². The summed E-state index contributed by atoms with van der Waals surface area (Å²) >= 11 is 0. The molecule has 0 spiro atoms. The van der Waals surface area contributed by atoms with Crippen LogP contribution in [-0.4, -0.2) is 12.4 Å². The molecule has 0 aliphatic heterocycles. The third-order valence-corrected chi connectivity index (χ3v) is 15.0. The molecule has 0 amide bonds. The molecule has 12 aromatic carbocycles. The van der Waals surface area contributed by atoms with Gasteiger partial charge in [-0.3, -0.25) is 0 Å². The summed E-state index contributed by atoms with van der Waals surface area (Å²) in [6, 6.07) is 117. The monoisotopic (exact) mass is 1550 g/mol. The number of benzene rings is 12. The van der Waals surface area contributed by atoms with Gasteiger partial charge >= 0.3 is 12.4 Å². The maximum Gasteiger partial charge on any atom is 0.411 e. The predicted octanol–water partition coefficient (Wildman–Crippen LogP) is 36.0. The molecule has 0 saturated heterocycles. The molecule has 0 nitrogen and oxygen atoms in total. The van der Waals surface area contributed by atoms with E-state index < -0.39 is 28.9 Å². The fourth-order valence-electron chi connectivity index (χ4n) is 10.8. The predicted molar refractivity (Wildman–Crippen MR) is 499 cm³/mol. The molecule has 0 atom stereocenters. The minimum Gasteiger partial charge on any atom is -0.169 e. The number of rotatable bonds is 8. The molecular weight excluding hydrogens is 1400 g/mol. The average molecular weight is 1550 g/mol. The highest BCUT2D eigenvalue weighted by Gasteiger charge is 2.72. The van der Waals surface area contributed by atoms with Crippen molar-refractivity contribution in [2.45, 2.75) is 237 Å². The zero-order valence-corrected chi connectivity index (χ0v) is 70.8. The summed E-state index contributed by atoms with van der Waals surface area (Å²) in [5.74, 6) is 0. The SMILES string of the molecule is C.C.C.C.CC.CC.CC.CC.CC.CC.CC.CC.CC.CC.CC(C)(c1ccccc1)c1ccccc1.CCC.FC(F)(F)C(c1ccccc1)(c1ccccc1)C(F)(F)F.c1ccc(C2(c3ccccc3)c3ccccc3-c3ccccc32)cc1.c1ccc(Cc2ccccc2)cc1.c1ccccc1.c1ccccc1. The van der Waals surface area contributed by atoms with Gasteiger partial charge in [-0.25, -0.2) is 0 Å². The molecule has 1 aliphatic rings. The van der Waals surface area contributed by atoms with Crippen molar-refractivity contribution >= 4 is 0 Å². The highest BCUT2D eigenvalue weighted by molar-refractivity contribution is 5.86. The Hall–Kier alpha value is -9.78. The van der Waals surface area contributed by atoms with E-state index in [0.717, 1.165) is 55.0 Å². The van der Waals surface area contributed by atoms with E-state index in [9.17, 15) is 26.3 Å². The summed E-state index contributed by atoms with van der Waals surface area (Å²) in [6.07, 6.45) is -8.76. The molecule has 622 valence electrons. The van der Waals surface area contributed by atoms with Crippen LogP contribution >= 0.6 is 0 Å². The van der Waals surface area contributed by atoms with Gasteiger partial charge in [0, 0.05) is 5.41 Å². The number of hydrogen-bond donors (Lipinski definition) is 0.